The first-order valence-electron chi connectivity index (χ1n) is 25.9. The molecule has 0 bridgehead atoms. The van der Waals surface area contributed by atoms with E-state index in [-0.39, 0.29) is 10.8 Å². The first-order chi connectivity index (χ1) is 36.0. The number of hydrogen-bond acceptors (Lipinski definition) is 4. The van der Waals surface area contributed by atoms with Gasteiger partial charge in [0.05, 0.1) is 11.4 Å². The van der Waals surface area contributed by atoms with Crippen molar-refractivity contribution in [1.82, 2.24) is 0 Å². The van der Waals surface area contributed by atoms with Gasteiger partial charge in [-0.1, -0.05) is 149 Å². The normalized spacial score (nSPS) is 14.0. The van der Waals surface area contributed by atoms with Gasteiger partial charge in [0.1, 0.15) is 11.2 Å². The number of nitrogens with zero attached hydrogens (tertiary/aromatic N) is 2. The third kappa shape index (κ3) is 5.97. The van der Waals surface area contributed by atoms with Crippen LogP contribution in [0.15, 0.2) is 215 Å². The molecule has 0 N–H and O–H groups in total. The van der Waals surface area contributed by atoms with Crippen LogP contribution in [-0.2, 0) is 10.8 Å². The molecule has 0 saturated heterocycles. The van der Waals surface area contributed by atoms with E-state index in [4.69, 9.17) is 8.83 Å². The highest BCUT2D eigenvalue weighted by molar-refractivity contribution is 6.12. The second kappa shape index (κ2) is 15.3. The number of para-hydroxylation sites is 6. The summed E-state index contributed by atoms with van der Waals surface area (Å²) in [5.41, 5.74) is 22.8. The highest BCUT2D eigenvalue weighted by Crippen LogP contribution is 2.60. The van der Waals surface area contributed by atoms with Crippen molar-refractivity contribution in [2.45, 2.75) is 52.4 Å². The summed E-state index contributed by atoms with van der Waals surface area (Å²) in [5, 5.41) is 9.36. The van der Waals surface area contributed by atoms with Crippen LogP contribution in [0, 0.1) is 13.8 Å². The minimum Gasteiger partial charge on any atom is -0.454 e. The van der Waals surface area contributed by atoms with E-state index in [0.29, 0.717) is 0 Å². The van der Waals surface area contributed by atoms with Gasteiger partial charge in [0, 0.05) is 55.1 Å². The van der Waals surface area contributed by atoms with E-state index in [9.17, 15) is 0 Å². The Balaban J connectivity index is 0.845. The lowest BCUT2D eigenvalue weighted by Crippen LogP contribution is -2.24. The fraction of sp³-hybridized carbons (Fsp3) is 0.114. The van der Waals surface area contributed by atoms with Crippen molar-refractivity contribution in [3.05, 3.63) is 240 Å². The molecule has 13 aromatic rings. The lowest BCUT2D eigenvalue weighted by molar-refractivity contribution is 0.602. The Morgan fingerprint density at radius 1 is 0.324 bits per heavy atom. The third-order valence-corrected chi connectivity index (χ3v) is 16.8. The molecular weight excluding hydrogens is 901 g/mol. The van der Waals surface area contributed by atoms with Crippen LogP contribution in [0.25, 0.3) is 87.7 Å². The summed E-state index contributed by atoms with van der Waals surface area (Å²) in [6.07, 6.45) is 0. The van der Waals surface area contributed by atoms with Crippen LogP contribution in [0.5, 0.6) is 0 Å². The molecule has 0 unspecified atom stereocenters. The number of fused-ring (bicyclic) bond motifs is 15. The molecule has 2 aliphatic rings. The molecule has 0 aliphatic heterocycles. The van der Waals surface area contributed by atoms with Crippen LogP contribution < -0.4 is 9.80 Å². The maximum atomic E-state index is 6.68. The van der Waals surface area contributed by atoms with Gasteiger partial charge in [0.2, 0.25) is 0 Å². The highest BCUT2D eigenvalue weighted by atomic mass is 16.3. The summed E-state index contributed by atoms with van der Waals surface area (Å²) in [5.74, 6) is 0. The summed E-state index contributed by atoms with van der Waals surface area (Å²) in [6, 6.07) is 75.7. The fourth-order valence-electron chi connectivity index (χ4n) is 13.2. The molecule has 0 atom stereocenters. The van der Waals surface area contributed by atoms with Gasteiger partial charge < -0.3 is 18.6 Å². The summed E-state index contributed by atoms with van der Waals surface area (Å²) < 4.78 is 13.4. The van der Waals surface area contributed by atoms with E-state index >= 15 is 0 Å². The fourth-order valence-corrected chi connectivity index (χ4v) is 13.2. The van der Waals surface area contributed by atoms with Crippen molar-refractivity contribution in [3.63, 3.8) is 0 Å². The first-order valence-corrected chi connectivity index (χ1v) is 25.9. The average Bonchev–Trinajstić information content (AvgIpc) is 4.26. The Labute approximate surface area is 430 Å². The Kier molecular flexibility index (Phi) is 8.87. The highest BCUT2D eigenvalue weighted by Gasteiger charge is 2.46. The van der Waals surface area contributed by atoms with Crippen LogP contribution in [0.1, 0.15) is 61.1 Å². The van der Waals surface area contributed by atoms with Gasteiger partial charge in [-0.25, -0.2) is 0 Å². The number of hydrogen-bond donors (Lipinski definition) is 0. The number of benzene rings is 11. The molecule has 4 heteroatoms. The molecule has 74 heavy (non-hydrogen) atoms. The first kappa shape index (κ1) is 42.8. The predicted molar refractivity (Wildman–Crippen MR) is 310 cm³/mol. The maximum Gasteiger partial charge on any atom is 0.159 e. The monoisotopic (exact) mass is 952 g/mol. The predicted octanol–water partition coefficient (Wildman–Crippen LogP) is 20.0. The number of rotatable bonds is 6. The van der Waals surface area contributed by atoms with E-state index in [1.54, 1.807) is 0 Å². The van der Waals surface area contributed by atoms with E-state index in [2.05, 4.69) is 245 Å². The van der Waals surface area contributed by atoms with Crippen LogP contribution in [-0.4, -0.2) is 0 Å². The smallest absolute Gasteiger partial charge is 0.159 e. The zero-order valence-corrected chi connectivity index (χ0v) is 42.3. The van der Waals surface area contributed by atoms with E-state index in [0.717, 1.165) is 78.0 Å². The lowest BCUT2D eigenvalue weighted by atomic mass is 9.72. The Hall–Kier alpha value is -8.86. The maximum absolute atomic E-state index is 6.68. The summed E-state index contributed by atoms with van der Waals surface area (Å²) >= 11 is 0. The number of aryl methyl sites for hydroxylation is 2. The van der Waals surface area contributed by atoms with Crippen LogP contribution >= 0.6 is 0 Å². The van der Waals surface area contributed by atoms with Crippen molar-refractivity contribution >= 4 is 99.5 Å². The third-order valence-electron chi connectivity index (χ3n) is 16.8. The Morgan fingerprint density at radius 2 is 0.716 bits per heavy atom. The van der Waals surface area contributed by atoms with E-state index < -0.39 is 0 Å². The van der Waals surface area contributed by atoms with Gasteiger partial charge >= 0.3 is 0 Å². The molecule has 4 nitrogen and oxygen atoms in total. The van der Waals surface area contributed by atoms with Gasteiger partial charge in [-0.2, -0.15) is 0 Å². The standard InChI is InChI=1S/C70H52N2O2/c1-41-17-7-11-23-59(41)71(61-25-15-21-53-49-19-9-13-27-63(49)73-67(53)61)47-31-29-43-37-55-51-33-34-52-56-38-44-30-32-48(36-46(44)40-58(56)70(5,6)66(52)65(51)69(3,4)57(55)39-45(43)35-47)72(60-24-12-8-18-42(60)2)62-26-16-22-54-50-20-10-14-28-64(50)74-68(54)62/h7-40H,1-6H3. The summed E-state index contributed by atoms with van der Waals surface area (Å²) in [4.78, 5) is 4.76. The molecule has 2 aromatic heterocycles. The quantitative estimate of drug-likeness (QED) is 0.166. The molecule has 11 aromatic carbocycles. The molecule has 0 saturated carbocycles. The molecule has 354 valence electrons. The SMILES string of the molecule is Cc1ccccc1N(c1ccc2cc3c(cc2c1)C(C)(C)c1c-3ccc2c1C(C)(C)c1cc3cc(N(c4ccccc4C)c4cccc5c4oc4ccccc45)ccc3cc1-2)c1cccc2c1oc1ccccc12. The Bertz CT molecular complexity index is 4260. The minimum atomic E-state index is -0.257. The van der Waals surface area contributed by atoms with Crippen molar-refractivity contribution in [2.24, 2.45) is 0 Å². The van der Waals surface area contributed by atoms with E-state index in [1.165, 1.54) is 77.2 Å². The van der Waals surface area contributed by atoms with E-state index in [1.807, 2.05) is 12.1 Å². The van der Waals surface area contributed by atoms with Gasteiger partial charge in [0.25, 0.3) is 0 Å². The van der Waals surface area contributed by atoms with Gasteiger partial charge in [0.15, 0.2) is 11.2 Å². The molecule has 0 amide bonds. The molecule has 0 fully saturated rings. The van der Waals surface area contributed by atoms with Crippen LogP contribution in [0.4, 0.5) is 34.1 Å². The number of furan rings is 2. The number of anilines is 6. The second-order valence-corrected chi connectivity index (χ2v) is 21.8. The Morgan fingerprint density at radius 3 is 1.16 bits per heavy atom. The summed E-state index contributed by atoms with van der Waals surface area (Å²) in [7, 11) is 0. The summed E-state index contributed by atoms with van der Waals surface area (Å²) in [6.45, 7) is 14.2. The molecular formula is C70H52N2O2. The molecule has 2 aliphatic carbocycles. The largest absolute Gasteiger partial charge is 0.454 e. The molecule has 0 spiro atoms. The topological polar surface area (TPSA) is 32.8 Å². The van der Waals surface area contributed by atoms with Crippen molar-refractivity contribution in [1.29, 1.82) is 0 Å². The molecule has 0 radical (unpaired) electrons. The zero-order valence-electron chi connectivity index (χ0n) is 42.3. The lowest BCUT2D eigenvalue weighted by Gasteiger charge is -2.31. The van der Waals surface area contributed by atoms with Crippen molar-refractivity contribution < 1.29 is 8.83 Å². The molecule has 2 heterocycles. The minimum absolute atomic E-state index is 0.257. The van der Waals surface area contributed by atoms with Gasteiger partial charge in [-0.05, 0) is 176 Å². The van der Waals surface area contributed by atoms with Crippen LogP contribution in [0.2, 0.25) is 0 Å². The second-order valence-electron chi connectivity index (χ2n) is 21.8. The van der Waals surface area contributed by atoms with Crippen molar-refractivity contribution in [3.8, 4) is 22.3 Å². The van der Waals surface area contributed by atoms with Gasteiger partial charge in [-0.3, -0.25) is 0 Å². The zero-order chi connectivity index (χ0) is 49.8. The van der Waals surface area contributed by atoms with Gasteiger partial charge in [-0.15, -0.1) is 0 Å². The average molecular weight is 953 g/mol. The molecule has 15 rings (SSSR count). The van der Waals surface area contributed by atoms with Crippen molar-refractivity contribution in [2.75, 3.05) is 9.80 Å². The van der Waals surface area contributed by atoms with Crippen LogP contribution in [0.3, 0.4) is 0 Å².